The van der Waals surface area contributed by atoms with E-state index in [1.807, 2.05) is 27.7 Å². The predicted molar refractivity (Wildman–Crippen MR) is 84.2 cm³/mol. The van der Waals surface area contributed by atoms with Gasteiger partial charge in [0.05, 0.1) is 11.2 Å². The molecule has 23 heavy (non-hydrogen) atoms. The summed E-state index contributed by atoms with van der Waals surface area (Å²) in [4.78, 5) is 7.81. The number of nitrogens with zero attached hydrogens (tertiary/aromatic N) is 2. The Labute approximate surface area is 135 Å². The van der Waals surface area contributed by atoms with Crippen LogP contribution in [0.2, 0.25) is 0 Å². The van der Waals surface area contributed by atoms with Crippen LogP contribution in [0.25, 0.3) is 0 Å². The molecule has 0 atom stereocenters. The van der Waals surface area contributed by atoms with Crippen molar-refractivity contribution in [1.82, 2.24) is 9.97 Å². The van der Waals surface area contributed by atoms with E-state index in [0.717, 1.165) is 0 Å². The molecule has 1 aliphatic heterocycles. The molecule has 1 fully saturated rings. The van der Waals surface area contributed by atoms with E-state index in [1.54, 1.807) is 12.1 Å². The molecule has 2 aromatic rings. The minimum Gasteiger partial charge on any atom is -0.421 e. The van der Waals surface area contributed by atoms with Gasteiger partial charge in [-0.2, -0.15) is 0 Å². The largest absolute Gasteiger partial charge is 0.494 e. The second-order valence-corrected chi connectivity index (χ2v) is 6.41. The van der Waals surface area contributed by atoms with Crippen molar-refractivity contribution < 1.29 is 18.4 Å². The first-order chi connectivity index (χ1) is 10.8. The maximum Gasteiger partial charge on any atom is 0.494 e. The highest BCUT2D eigenvalue weighted by atomic mass is 19.1. The molecule has 1 aromatic heterocycles. The zero-order valence-corrected chi connectivity index (χ0v) is 13.5. The van der Waals surface area contributed by atoms with Crippen LogP contribution in [0, 0.1) is 5.82 Å². The fourth-order valence-electron chi connectivity index (χ4n) is 2.16. The van der Waals surface area contributed by atoms with Gasteiger partial charge in [-0.3, -0.25) is 0 Å². The van der Waals surface area contributed by atoms with E-state index in [2.05, 4.69) is 9.97 Å². The second kappa shape index (κ2) is 5.58. The van der Waals surface area contributed by atoms with Crippen LogP contribution in [0.5, 0.6) is 11.8 Å². The summed E-state index contributed by atoms with van der Waals surface area (Å²) >= 11 is 0. The summed E-state index contributed by atoms with van der Waals surface area (Å²) in [5, 5.41) is 0. The number of ether oxygens (including phenoxy) is 1. The summed E-state index contributed by atoms with van der Waals surface area (Å²) in [6, 6.07) is 6.33. The van der Waals surface area contributed by atoms with Crippen molar-refractivity contribution in [3.8, 4) is 11.8 Å². The average Bonchev–Trinajstić information content (AvgIpc) is 2.71. The molecule has 0 bridgehead atoms. The quantitative estimate of drug-likeness (QED) is 0.815. The first-order valence-corrected chi connectivity index (χ1v) is 7.38. The monoisotopic (exact) mass is 316 g/mol. The molecule has 1 saturated heterocycles. The molecular weight excluding hydrogens is 298 g/mol. The standard InChI is InChI=1S/C16H18BFN2O3/c1-15(2)16(3,4)23-17(22-15)11-6-7-13(12(18)10-11)21-14-19-8-5-9-20-14/h5-10H,1-4H3. The number of rotatable bonds is 3. The van der Waals surface area contributed by atoms with Gasteiger partial charge in [0.2, 0.25) is 0 Å². The summed E-state index contributed by atoms with van der Waals surface area (Å²) in [5.74, 6) is -0.471. The van der Waals surface area contributed by atoms with E-state index in [-0.39, 0.29) is 11.8 Å². The normalized spacial score (nSPS) is 18.9. The third-order valence-corrected chi connectivity index (χ3v) is 4.22. The highest BCUT2D eigenvalue weighted by Gasteiger charge is 2.51. The first kappa shape index (κ1) is 15.9. The SMILES string of the molecule is CC1(C)OB(c2ccc(Oc3ncccn3)c(F)c2)OC1(C)C. The van der Waals surface area contributed by atoms with Gasteiger partial charge in [-0.15, -0.1) is 0 Å². The fraction of sp³-hybridized carbons (Fsp3) is 0.375. The molecule has 0 radical (unpaired) electrons. The maximum atomic E-state index is 14.3. The van der Waals surface area contributed by atoms with Gasteiger partial charge in [0.25, 0.3) is 0 Å². The summed E-state index contributed by atoms with van der Waals surface area (Å²) in [6.07, 6.45) is 3.05. The maximum absolute atomic E-state index is 14.3. The van der Waals surface area contributed by atoms with Gasteiger partial charge in [0, 0.05) is 12.4 Å². The Kier molecular flexibility index (Phi) is 3.86. The lowest BCUT2D eigenvalue weighted by atomic mass is 9.79. The van der Waals surface area contributed by atoms with Crippen molar-refractivity contribution in [3.05, 3.63) is 42.5 Å². The Balaban J connectivity index is 1.81. The van der Waals surface area contributed by atoms with Crippen LogP contribution in [-0.2, 0) is 9.31 Å². The van der Waals surface area contributed by atoms with Gasteiger partial charge in [0.1, 0.15) is 0 Å². The van der Waals surface area contributed by atoms with E-state index in [0.29, 0.717) is 5.46 Å². The molecule has 0 saturated carbocycles. The molecule has 1 aromatic carbocycles. The van der Waals surface area contributed by atoms with Crippen LogP contribution < -0.4 is 10.2 Å². The number of halogens is 1. The molecule has 2 heterocycles. The molecule has 7 heteroatoms. The molecule has 0 aliphatic carbocycles. The zero-order chi connectivity index (χ0) is 16.7. The van der Waals surface area contributed by atoms with Crippen LogP contribution >= 0.6 is 0 Å². The predicted octanol–water partition coefficient (Wildman–Crippen LogP) is 2.71. The molecular formula is C16H18BFN2O3. The van der Waals surface area contributed by atoms with Gasteiger partial charge in [-0.25, -0.2) is 14.4 Å². The van der Waals surface area contributed by atoms with Crippen molar-refractivity contribution in [2.45, 2.75) is 38.9 Å². The van der Waals surface area contributed by atoms with Crippen LogP contribution in [-0.4, -0.2) is 28.3 Å². The Morgan fingerprint density at radius 3 is 2.22 bits per heavy atom. The molecule has 0 N–H and O–H groups in total. The third kappa shape index (κ3) is 3.07. The third-order valence-electron chi connectivity index (χ3n) is 4.22. The Morgan fingerprint density at radius 1 is 1.04 bits per heavy atom. The van der Waals surface area contributed by atoms with Crippen molar-refractivity contribution in [1.29, 1.82) is 0 Å². The van der Waals surface area contributed by atoms with E-state index in [1.165, 1.54) is 24.5 Å². The van der Waals surface area contributed by atoms with E-state index < -0.39 is 24.1 Å². The lowest BCUT2D eigenvalue weighted by Crippen LogP contribution is -2.41. The molecule has 120 valence electrons. The lowest BCUT2D eigenvalue weighted by molar-refractivity contribution is 0.00578. The summed E-state index contributed by atoms with van der Waals surface area (Å²) in [5.41, 5.74) is -0.343. The van der Waals surface area contributed by atoms with Crippen LogP contribution in [0.1, 0.15) is 27.7 Å². The van der Waals surface area contributed by atoms with E-state index in [4.69, 9.17) is 14.0 Å². The molecule has 0 spiro atoms. The summed E-state index contributed by atoms with van der Waals surface area (Å²) < 4.78 is 31.4. The smallest absolute Gasteiger partial charge is 0.421 e. The molecule has 5 nitrogen and oxygen atoms in total. The Bertz CT molecular complexity index is 694. The zero-order valence-electron chi connectivity index (χ0n) is 13.5. The van der Waals surface area contributed by atoms with Gasteiger partial charge >= 0.3 is 13.1 Å². The first-order valence-electron chi connectivity index (χ1n) is 7.38. The molecule has 0 amide bonds. The van der Waals surface area contributed by atoms with Crippen molar-refractivity contribution >= 4 is 12.6 Å². The summed E-state index contributed by atoms with van der Waals surface area (Å²) in [6.45, 7) is 7.81. The topological polar surface area (TPSA) is 53.5 Å². The minimum atomic E-state index is -0.614. The van der Waals surface area contributed by atoms with Gasteiger partial charge in [-0.05, 0) is 51.4 Å². The van der Waals surface area contributed by atoms with Gasteiger partial charge in [-0.1, -0.05) is 6.07 Å². The number of hydrogen-bond donors (Lipinski definition) is 0. The van der Waals surface area contributed by atoms with E-state index in [9.17, 15) is 4.39 Å². The Hall–Kier alpha value is -1.99. The summed E-state index contributed by atoms with van der Waals surface area (Å²) in [7, 11) is -0.614. The number of aromatic nitrogens is 2. The number of benzene rings is 1. The van der Waals surface area contributed by atoms with Crippen LogP contribution in [0.4, 0.5) is 4.39 Å². The molecule has 3 rings (SSSR count). The van der Waals surface area contributed by atoms with Gasteiger partial charge < -0.3 is 14.0 Å². The van der Waals surface area contributed by atoms with Gasteiger partial charge in [0.15, 0.2) is 11.6 Å². The average molecular weight is 316 g/mol. The fourth-order valence-corrected chi connectivity index (χ4v) is 2.16. The second-order valence-electron chi connectivity index (χ2n) is 6.41. The van der Waals surface area contributed by atoms with Crippen molar-refractivity contribution in [3.63, 3.8) is 0 Å². The van der Waals surface area contributed by atoms with E-state index >= 15 is 0 Å². The number of hydrogen-bond acceptors (Lipinski definition) is 5. The lowest BCUT2D eigenvalue weighted by Gasteiger charge is -2.32. The van der Waals surface area contributed by atoms with Crippen molar-refractivity contribution in [2.24, 2.45) is 0 Å². The highest BCUT2D eigenvalue weighted by Crippen LogP contribution is 2.36. The van der Waals surface area contributed by atoms with Crippen molar-refractivity contribution in [2.75, 3.05) is 0 Å². The van der Waals surface area contributed by atoms with Crippen LogP contribution in [0.15, 0.2) is 36.7 Å². The Morgan fingerprint density at radius 2 is 1.65 bits per heavy atom. The molecule has 0 unspecified atom stereocenters. The minimum absolute atomic E-state index is 0.0523. The molecule has 1 aliphatic rings. The van der Waals surface area contributed by atoms with Crippen LogP contribution in [0.3, 0.4) is 0 Å². The highest BCUT2D eigenvalue weighted by molar-refractivity contribution is 6.62.